The first-order chi connectivity index (χ1) is 9.45. The Bertz CT molecular complexity index is 490. The van der Waals surface area contributed by atoms with Crippen LogP contribution in [0.4, 0.5) is 11.4 Å². The lowest BCUT2D eigenvalue weighted by atomic mass is 10.1. The first-order valence-corrected chi connectivity index (χ1v) is 6.10. The summed E-state index contributed by atoms with van der Waals surface area (Å²) in [6, 6.07) is 3.93. The number of carbonyl (C=O) groups excluding carboxylic acids is 1. The summed E-state index contributed by atoms with van der Waals surface area (Å²) in [7, 11) is 0. The van der Waals surface area contributed by atoms with Gasteiger partial charge in [0.1, 0.15) is 5.69 Å². The number of rotatable bonds is 7. The molecule has 1 rings (SSSR count). The van der Waals surface area contributed by atoms with E-state index < -0.39 is 4.92 Å². The van der Waals surface area contributed by atoms with Crippen molar-refractivity contribution in [3.05, 3.63) is 33.9 Å². The van der Waals surface area contributed by atoms with Crippen molar-refractivity contribution in [3.8, 4) is 0 Å². The number of nitrogen functional groups attached to an aromatic ring is 1. The van der Waals surface area contributed by atoms with Gasteiger partial charge in [0.2, 0.25) is 0 Å². The largest absolute Gasteiger partial charge is 0.377 e. The summed E-state index contributed by atoms with van der Waals surface area (Å²) < 4.78 is 5.29. The lowest BCUT2D eigenvalue weighted by molar-refractivity contribution is -0.384. The number of anilines is 1. The number of benzene rings is 1. The van der Waals surface area contributed by atoms with Crippen LogP contribution in [0.1, 0.15) is 24.2 Å². The SMILES string of the molecule is CC(C)OCCNC(=O)c1ccc([N+](=O)[O-])c(NN)c1. The number of amides is 1. The number of nitrogens with two attached hydrogens (primary N) is 1. The van der Waals surface area contributed by atoms with E-state index in [4.69, 9.17) is 10.6 Å². The summed E-state index contributed by atoms with van der Waals surface area (Å²) >= 11 is 0. The highest BCUT2D eigenvalue weighted by Gasteiger charge is 2.15. The van der Waals surface area contributed by atoms with Crippen LogP contribution in [-0.2, 0) is 4.74 Å². The molecule has 0 bridgehead atoms. The first kappa shape index (κ1) is 15.9. The average Bonchev–Trinajstić information content (AvgIpc) is 2.42. The molecule has 1 aromatic rings. The van der Waals surface area contributed by atoms with Crippen molar-refractivity contribution in [2.24, 2.45) is 5.84 Å². The molecule has 0 fully saturated rings. The lowest BCUT2D eigenvalue weighted by Gasteiger charge is -2.09. The van der Waals surface area contributed by atoms with Gasteiger partial charge in [-0.25, -0.2) is 0 Å². The number of nitrogens with zero attached hydrogens (tertiary/aromatic N) is 1. The molecule has 0 atom stereocenters. The zero-order valence-corrected chi connectivity index (χ0v) is 11.4. The van der Waals surface area contributed by atoms with Crippen LogP contribution < -0.4 is 16.6 Å². The summed E-state index contributed by atoms with van der Waals surface area (Å²) in [6.07, 6.45) is 0.0966. The fourth-order valence-corrected chi connectivity index (χ4v) is 1.51. The highest BCUT2D eigenvalue weighted by atomic mass is 16.6. The smallest absolute Gasteiger partial charge is 0.293 e. The molecule has 1 amide bonds. The van der Waals surface area contributed by atoms with E-state index in [1.807, 2.05) is 13.8 Å². The van der Waals surface area contributed by atoms with Crippen molar-refractivity contribution in [2.75, 3.05) is 18.6 Å². The number of hydrogen-bond acceptors (Lipinski definition) is 6. The number of hydrogen-bond donors (Lipinski definition) is 3. The number of ether oxygens (including phenoxy) is 1. The first-order valence-electron chi connectivity index (χ1n) is 6.10. The maximum atomic E-state index is 11.8. The molecule has 0 unspecified atom stereocenters. The van der Waals surface area contributed by atoms with Gasteiger partial charge in [-0.2, -0.15) is 0 Å². The molecule has 8 heteroatoms. The van der Waals surface area contributed by atoms with Crippen LogP contribution in [-0.4, -0.2) is 30.1 Å². The number of nitro groups is 1. The molecule has 0 spiro atoms. The summed E-state index contributed by atoms with van der Waals surface area (Å²) in [6.45, 7) is 4.56. The van der Waals surface area contributed by atoms with E-state index in [0.29, 0.717) is 13.2 Å². The van der Waals surface area contributed by atoms with Gasteiger partial charge in [-0.1, -0.05) is 0 Å². The molecule has 0 radical (unpaired) electrons. The molecule has 0 aliphatic heterocycles. The van der Waals surface area contributed by atoms with E-state index >= 15 is 0 Å². The third-order valence-electron chi connectivity index (χ3n) is 2.45. The molecule has 0 saturated heterocycles. The fraction of sp³-hybridized carbons (Fsp3) is 0.417. The Labute approximate surface area is 116 Å². The molecule has 0 aliphatic carbocycles. The molecule has 110 valence electrons. The van der Waals surface area contributed by atoms with E-state index in [1.165, 1.54) is 18.2 Å². The molecule has 0 saturated carbocycles. The van der Waals surface area contributed by atoms with Crippen LogP contribution in [0.5, 0.6) is 0 Å². The van der Waals surface area contributed by atoms with Crippen LogP contribution in [0.15, 0.2) is 18.2 Å². The summed E-state index contributed by atoms with van der Waals surface area (Å²) in [5.74, 6) is 4.86. The summed E-state index contributed by atoms with van der Waals surface area (Å²) in [5, 5.41) is 13.4. The normalized spacial score (nSPS) is 10.4. The van der Waals surface area contributed by atoms with Crippen molar-refractivity contribution in [1.29, 1.82) is 0 Å². The third-order valence-corrected chi connectivity index (χ3v) is 2.45. The predicted molar refractivity (Wildman–Crippen MR) is 74.3 cm³/mol. The Kier molecular flexibility index (Phi) is 5.88. The van der Waals surface area contributed by atoms with E-state index in [1.54, 1.807) is 0 Å². The van der Waals surface area contributed by atoms with Gasteiger partial charge in [0, 0.05) is 18.2 Å². The van der Waals surface area contributed by atoms with Crippen molar-refractivity contribution in [1.82, 2.24) is 5.32 Å². The quantitative estimate of drug-likeness (QED) is 0.297. The topological polar surface area (TPSA) is 120 Å². The summed E-state index contributed by atoms with van der Waals surface area (Å²) in [4.78, 5) is 22.0. The van der Waals surface area contributed by atoms with E-state index in [9.17, 15) is 14.9 Å². The predicted octanol–water partition coefficient (Wildman–Crippen LogP) is 1.04. The molecule has 4 N–H and O–H groups in total. The van der Waals surface area contributed by atoms with E-state index in [2.05, 4.69) is 10.7 Å². The highest BCUT2D eigenvalue weighted by molar-refractivity contribution is 5.95. The number of nitrogens with one attached hydrogen (secondary N) is 2. The van der Waals surface area contributed by atoms with Crippen molar-refractivity contribution < 1.29 is 14.5 Å². The lowest BCUT2D eigenvalue weighted by Crippen LogP contribution is -2.28. The summed E-state index contributed by atoms with van der Waals surface area (Å²) in [5.41, 5.74) is 2.39. The van der Waals surface area contributed by atoms with Gasteiger partial charge in [0.15, 0.2) is 0 Å². The molecule has 0 aromatic heterocycles. The molecule has 20 heavy (non-hydrogen) atoms. The van der Waals surface area contributed by atoms with Gasteiger partial charge in [0.05, 0.1) is 17.6 Å². The van der Waals surface area contributed by atoms with Gasteiger partial charge in [-0.3, -0.25) is 20.8 Å². The van der Waals surface area contributed by atoms with Crippen LogP contribution in [0.2, 0.25) is 0 Å². The Balaban J connectivity index is 2.67. The minimum atomic E-state index is -0.576. The second-order valence-corrected chi connectivity index (χ2v) is 4.31. The molecular formula is C12H18N4O4. The molecule has 0 heterocycles. The van der Waals surface area contributed by atoms with Gasteiger partial charge >= 0.3 is 0 Å². The Hall–Kier alpha value is -2.19. The maximum Gasteiger partial charge on any atom is 0.293 e. The standard InChI is InChI=1S/C12H18N4O4/c1-8(2)20-6-5-14-12(17)9-3-4-11(16(18)19)10(7-9)15-13/h3-4,7-8,15H,5-6,13H2,1-2H3,(H,14,17). The Morgan fingerprint density at radius 1 is 1.50 bits per heavy atom. The molecular weight excluding hydrogens is 264 g/mol. The van der Waals surface area contributed by atoms with Gasteiger partial charge in [-0.15, -0.1) is 0 Å². The number of hydrazine groups is 1. The second kappa shape index (κ2) is 7.41. The molecule has 0 aliphatic rings. The van der Waals surface area contributed by atoms with Gasteiger partial charge in [-0.05, 0) is 26.0 Å². The maximum absolute atomic E-state index is 11.8. The second-order valence-electron chi connectivity index (χ2n) is 4.31. The third kappa shape index (κ3) is 4.48. The van der Waals surface area contributed by atoms with E-state index in [0.717, 1.165) is 0 Å². The average molecular weight is 282 g/mol. The zero-order chi connectivity index (χ0) is 15.1. The highest BCUT2D eigenvalue weighted by Crippen LogP contribution is 2.24. The van der Waals surface area contributed by atoms with E-state index in [-0.39, 0.29) is 28.9 Å². The zero-order valence-electron chi connectivity index (χ0n) is 11.4. The minimum Gasteiger partial charge on any atom is -0.377 e. The Morgan fingerprint density at radius 2 is 2.20 bits per heavy atom. The number of nitro benzene ring substituents is 1. The minimum absolute atomic E-state index is 0.0843. The molecule has 8 nitrogen and oxygen atoms in total. The molecule has 1 aromatic carbocycles. The van der Waals surface area contributed by atoms with Crippen molar-refractivity contribution in [3.63, 3.8) is 0 Å². The fourth-order valence-electron chi connectivity index (χ4n) is 1.51. The van der Waals surface area contributed by atoms with Gasteiger partial charge in [0.25, 0.3) is 11.6 Å². The monoisotopic (exact) mass is 282 g/mol. The van der Waals surface area contributed by atoms with Crippen LogP contribution >= 0.6 is 0 Å². The van der Waals surface area contributed by atoms with Crippen molar-refractivity contribution in [2.45, 2.75) is 20.0 Å². The van der Waals surface area contributed by atoms with Crippen LogP contribution in [0.25, 0.3) is 0 Å². The van der Waals surface area contributed by atoms with Crippen molar-refractivity contribution >= 4 is 17.3 Å². The van der Waals surface area contributed by atoms with Crippen LogP contribution in [0.3, 0.4) is 0 Å². The van der Waals surface area contributed by atoms with Gasteiger partial charge < -0.3 is 15.5 Å². The van der Waals surface area contributed by atoms with Crippen LogP contribution in [0, 0.1) is 10.1 Å². The number of carbonyl (C=O) groups is 1. The Morgan fingerprint density at radius 3 is 2.75 bits per heavy atom.